The van der Waals surface area contributed by atoms with Gasteiger partial charge in [0.1, 0.15) is 5.76 Å². The second-order valence-electron chi connectivity index (χ2n) is 7.02. The molecule has 2 aliphatic heterocycles. The largest absolute Gasteiger partial charge is 0.469 e. The van der Waals surface area contributed by atoms with Gasteiger partial charge in [0, 0.05) is 32.7 Å². The number of nitrogens with zero attached hydrogens (tertiary/aromatic N) is 2. The fourth-order valence-electron chi connectivity index (χ4n) is 3.45. The Morgan fingerprint density at radius 1 is 1.19 bits per heavy atom. The molecule has 1 aromatic rings. The number of nitrogens with one attached hydrogen (secondary N) is 1. The predicted octanol–water partition coefficient (Wildman–Crippen LogP) is 0.987. The van der Waals surface area contributed by atoms with Gasteiger partial charge in [-0.1, -0.05) is 0 Å². The Bertz CT molecular complexity index is 641. The van der Waals surface area contributed by atoms with Gasteiger partial charge in [0.2, 0.25) is 0 Å². The highest BCUT2D eigenvalue weighted by Gasteiger charge is 2.33. The maximum Gasteiger partial charge on any atom is 0.317 e. The Labute approximate surface area is 153 Å². The Morgan fingerprint density at radius 3 is 2.65 bits per heavy atom. The fourth-order valence-corrected chi connectivity index (χ4v) is 3.45. The molecule has 8 nitrogen and oxygen atoms in total. The molecule has 3 amide bonds. The van der Waals surface area contributed by atoms with Crippen molar-refractivity contribution in [1.29, 1.82) is 0 Å². The van der Waals surface area contributed by atoms with Gasteiger partial charge >= 0.3 is 6.03 Å². The minimum absolute atomic E-state index is 0.0714. The van der Waals surface area contributed by atoms with E-state index in [1.54, 1.807) is 22.8 Å². The summed E-state index contributed by atoms with van der Waals surface area (Å²) in [4.78, 5) is 28.3. The molecule has 1 aromatic heterocycles. The summed E-state index contributed by atoms with van der Waals surface area (Å²) >= 11 is 0. The number of hydrogen-bond acceptors (Lipinski definition) is 5. The van der Waals surface area contributed by atoms with Crippen molar-refractivity contribution in [3.8, 4) is 0 Å². The predicted molar refractivity (Wildman–Crippen MR) is 93.9 cm³/mol. The first-order valence-corrected chi connectivity index (χ1v) is 9.15. The lowest BCUT2D eigenvalue weighted by Crippen LogP contribution is -2.51. The van der Waals surface area contributed by atoms with Gasteiger partial charge in [0.15, 0.2) is 0 Å². The van der Waals surface area contributed by atoms with E-state index in [1.807, 2.05) is 0 Å². The van der Waals surface area contributed by atoms with Crippen molar-refractivity contribution >= 4 is 11.9 Å². The van der Waals surface area contributed by atoms with Gasteiger partial charge in [-0.25, -0.2) is 4.79 Å². The SMILES string of the molecule is Cc1occc1C(=O)N1CCCC(O)(CNC(=O)N2CCOCC2)CC1. The number of aliphatic hydroxyl groups is 1. The molecule has 0 bridgehead atoms. The van der Waals surface area contributed by atoms with Crippen molar-refractivity contribution in [3.05, 3.63) is 23.7 Å². The van der Waals surface area contributed by atoms with Crippen molar-refractivity contribution in [2.24, 2.45) is 0 Å². The number of furan rings is 1. The summed E-state index contributed by atoms with van der Waals surface area (Å²) < 4.78 is 10.5. The van der Waals surface area contributed by atoms with Crippen LogP contribution in [-0.4, -0.2) is 78.4 Å². The highest BCUT2D eigenvalue weighted by atomic mass is 16.5. The van der Waals surface area contributed by atoms with Crippen LogP contribution in [0, 0.1) is 6.92 Å². The average molecular weight is 365 g/mol. The molecular formula is C18H27N3O5. The van der Waals surface area contributed by atoms with Gasteiger partial charge in [-0.15, -0.1) is 0 Å². The van der Waals surface area contributed by atoms with Crippen LogP contribution in [0.15, 0.2) is 16.7 Å². The highest BCUT2D eigenvalue weighted by Crippen LogP contribution is 2.23. The lowest BCUT2D eigenvalue weighted by Gasteiger charge is -2.31. The molecule has 2 fully saturated rings. The zero-order valence-corrected chi connectivity index (χ0v) is 15.2. The molecule has 2 N–H and O–H groups in total. The second kappa shape index (κ2) is 8.09. The van der Waals surface area contributed by atoms with Gasteiger partial charge < -0.3 is 29.4 Å². The van der Waals surface area contributed by atoms with Crippen molar-refractivity contribution in [3.63, 3.8) is 0 Å². The molecule has 0 saturated carbocycles. The van der Waals surface area contributed by atoms with Crippen LogP contribution >= 0.6 is 0 Å². The van der Waals surface area contributed by atoms with E-state index in [2.05, 4.69) is 5.32 Å². The van der Waals surface area contributed by atoms with Crippen LogP contribution in [0.1, 0.15) is 35.4 Å². The molecule has 3 heterocycles. The van der Waals surface area contributed by atoms with Gasteiger partial charge in [0.05, 0.1) is 30.6 Å². The topological polar surface area (TPSA) is 95.2 Å². The van der Waals surface area contributed by atoms with E-state index in [1.165, 1.54) is 6.26 Å². The molecule has 144 valence electrons. The summed E-state index contributed by atoms with van der Waals surface area (Å²) in [5, 5.41) is 13.7. The highest BCUT2D eigenvalue weighted by molar-refractivity contribution is 5.95. The third-order valence-corrected chi connectivity index (χ3v) is 5.16. The number of rotatable bonds is 3. The van der Waals surface area contributed by atoms with Crippen molar-refractivity contribution in [2.45, 2.75) is 31.8 Å². The van der Waals surface area contributed by atoms with E-state index in [0.717, 1.165) is 0 Å². The molecule has 8 heteroatoms. The Kier molecular flexibility index (Phi) is 5.83. The molecule has 3 rings (SSSR count). The summed E-state index contributed by atoms with van der Waals surface area (Å²) in [7, 11) is 0. The number of carbonyl (C=O) groups excluding carboxylic acids is 2. The van der Waals surface area contributed by atoms with Crippen molar-refractivity contribution < 1.29 is 23.8 Å². The number of amides is 3. The summed E-state index contributed by atoms with van der Waals surface area (Å²) in [6, 6.07) is 1.50. The van der Waals surface area contributed by atoms with Crippen molar-refractivity contribution in [1.82, 2.24) is 15.1 Å². The van der Waals surface area contributed by atoms with Crippen LogP contribution in [0.3, 0.4) is 0 Å². The molecule has 2 aliphatic rings. The molecule has 1 atom stereocenters. The van der Waals surface area contributed by atoms with Crippen LogP contribution in [0.5, 0.6) is 0 Å². The van der Waals surface area contributed by atoms with E-state index in [0.29, 0.717) is 70.0 Å². The maximum atomic E-state index is 12.6. The van der Waals surface area contributed by atoms with E-state index < -0.39 is 5.60 Å². The summed E-state index contributed by atoms with van der Waals surface area (Å²) in [6.07, 6.45) is 3.17. The third-order valence-electron chi connectivity index (χ3n) is 5.16. The number of aryl methyl sites for hydroxylation is 1. The van der Waals surface area contributed by atoms with E-state index in [4.69, 9.17) is 9.15 Å². The molecule has 2 saturated heterocycles. The third kappa shape index (κ3) is 4.37. The molecule has 1 unspecified atom stereocenters. The smallest absolute Gasteiger partial charge is 0.317 e. The standard InChI is InChI=1S/C18H27N3O5/c1-14-15(3-10-26-14)16(22)20-6-2-4-18(24,5-7-20)13-19-17(23)21-8-11-25-12-9-21/h3,10,24H,2,4-9,11-13H2,1H3,(H,19,23). The zero-order valence-electron chi connectivity index (χ0n) is 15.2. The Balaban J connectivity index is 1.52. The van der Waals surface area contributed by atoms with Gasteiger partial charge in [0.25, 0.3) is 5.91 Å². The first-order valence-electron chi connectivity index (χ1n) is 9.15. The monoisotopic (exact) mass is 365 g/mol. The van der Waals surface area contributed by atoms with Crippen LogP contribution in [-0.2, 0) is 4.74 Å². The van der Waals surface area contributed by atoms with Crippen LogP contribution in [0.4, 0.5) is 4.79 Å². The zero-order chi connectivity index (χ0) is 18.6. The van der Waals surface area contributed by atoms with Crippen LogP contribution in [0.2, 0.25) is 0 Å². The molecule has 0 radical (unpaired) electrons. The number of morpholine rings is 1. The minimum Gasteiger partial charge on any atom is -0.469 e. The summed E-state index contributed by atoms with van der Waals surface area (Å²) in [6.45, 7) is 5.21. The van der Waals surface area contributed by atoms with E-state index in [9.17, 15) is 14.7 Å². The normalized spacial score (nSPS) is 24.2. The molecule has 26 heavy (non-hydrogen) atoms. The molecule has 0 aliphatic carbocycles. The first kappa shape index (κ1) is 18.7. The number of urea groups is 1. The number of likely N-dealkylation sites (tertiary alicyclic amines) is 1. The average Bonchev–Trinajstić information content (AvgIpc) is 2.98. The van der Waals surface area contributed by atoms with E-state index >= 15 is 0 Å². The lowest BCUT2D eigenvalue weighted by atomic mass is 9.95. The van der Waals surface area contributed by atoms with Crippen molar-refractivity contribution in [2.75, 3.05) is 45.9 Å². The molecular weight excluding hydrogens is 338 g/mol. The Morgan fingerprint density at radius 2 is 1.96 bits per heavy atom. The number of ether oxygens (including phenoxy) is 1. The fraction of sp³-hybridized carbons (Fsp3) is 0.667. The minimum atomic E-state index is -0.998. The van der Waals surface area contributed by atoms with Gasteiger partial charge in [-0.3, -0.25) is 4.79 Å². The summed E-state index contributed by atoms with van der Waals surface area (Å²) in [5.41, 5.74) is -0.432. The molecule has 0 spiro atoms. The first-order chi connectivity index (χ1) is 12.5. The van der Waals surface area contributed by atoms with Gasteiger partial charge in [-0.2, -0.15) is 0 Å². The maximum absolute atomic E-state index is 12.6. The van der Waals surface area contributed by atoms with Crippen LogP contribution < -0.4 is 5.32 Å². The van der Waals surface area contributed by atoms with Gasteiger partial charge in [-0.05, 0) is 32.3 Å². The van der Waals surface area contributed by atoms with Crippen LogP contribution in [0.25, 0.3) is 0 Å². The molecule has 0 aromatic carbocycles. The number of hydrogen-bond donors (Lipinski definition) is 2. The lowest BCUT2D eigenvalue weighted by molar-refractivity contribution is 0.0227. The summed E-state index contributed by atoms with van der Waals surface area (Å²) in [5.74, 6) is 0.533. The second-order valence-corrected chi connectivity index (χ2v) is 7.02. The van der Waals surface area contributed by atoms with E-state index in [-0.39, 0.29) is 18.5 Å². The number of carbonyl (C=O) groups is 2. The Hall–Kier alpha value is -2.06. The quantitative estimate of drug-likeness (QED) is 0.833.